The summed E-state index contributed by atoms with van der Waals surface area (Å²) in [6.07, 6.45) is -0.402. The van der Waals surface area contributed by atoms with E-state index >= 15 is 0 Å². The van der Waals surface area contributed by atoms with Crippen molar-refractivity contribution >= 4 is 16.9 Å². The summed E-state index contributed by atoms with van der Waals surface area (Å²) in [5.74, 6) is -0.641. The van der Waals surface area contributed by atoms with Crippen LogP contribution >= 0.6 is 0 Å². The van der Waals surface area contributed by atoms with Gasteiger partial charge in [0.15, 0.2) is 0 Å². The number of ether oxygens (including phenoxy) is 2. The number of hydrogen-bond donors (Lipinski definition) is 0. The molecule has 0 bridgehead atoms. The molecule has 0 atom stereocenters. The predicted octanol–water partition coefficient (Wildman–Crippen LogP) is 7.31. The number of esters is 1. The van der Waals surface area contributed by atoms with Crippen molar-refractivity contribution < 1.29 is 31.9 Å². The van der Waals surface area contributed by atoms with E-state index in [0.717, 1.165) is 42.7 Å². The van der Waals surface area contributed by atoms with Gasteiger partial charge in [0.05, 0.1) is 5.56 Å². The Kier molecular flexibility index (Phi) is 7.28. The zero-order chi connectivity index (χ0) is 23.3. The molecule has 32 heavy (non-hydrogen) atoms. The molecule has 2 aromatic carbocycles. The van der Waals surface area contributed by atoms with Gasteiger partial charge < -0.3 is 13.9 Å². The van der Waals surface area contributed by atoms with Crippen LogP contribution in [0.4, 0.5) is 13.2 Å². The van der Waals surface area contributed by atoms with Crippen molar-refractivity contribution in [3.05, 3.63) is 65.7 Å². The van der Waals surface area contributed by atoms with Gasteiger partial charge in [0, 0.05) is 16.5 Å². The number of furan rings is 1. The molecule has 1 aromatic heterocycles. The lowest BCUT2D eigenvalue weighted by Crippen LogP contribution is -2.12. The highest BCUT2D eigenvalue weighted by Gasteiger charge is 2.35. The molecule has 0 saturated heterocycles. The van der Waals surface area contributed by atoms with Crippen LogP contribution in [0, 0.1) is 0 Å². The summed E-state index contributed by atoms with van der Waals surface area (Å²) < 4.78 is 57.0. The van der Waals surface area contributed by atoms with Gasteiger partial charge in [-0.1, -0.05) is 32.4 Å². The smallest absolute Gasteiger partial charge is 0.417 e. The van der Waals surface area contributed by atoms with Gasteiger partial charge >= 0.3 is 12.1 Å². The number of fused-ring (bicyclic) bond motifs is 1. The first-order valence-corrected chi connectivity index (χ1v) is 10.4. The number of halogens is 3. The van der Waals surface area contributed by atoms with Gasteiger partial charge in [-0.05, 0) is 61.7 Å². The van der Waals surface area contributed by atoms with Crippen molar-refractivity contribution in [2.24, 2.45) is 0 Å². The summed E-state index contributed by atoms with van der Waals surface area (Å²) in [5.41, 5.74) is 0.830. The fourth-order valence-electron chi connectivity index (χ4n) is 3.30. The maximum atomic E-state index is 13.8. The highest BCUT2D eigenvalue weighted by molar-refractivity contribution is 5.87. The first-order valence-electron chi connectivity index (χ1n) is 10.4. The van der Waals surface area contributed by atoms with Crippen molar-refractivity contribution in [1.29, 1.82) is 0 Å². The van der Waals surface area contributed by atoms with E-state index in [1.54, 1.807) is 12.1 Å². The molecule has 3 aromatic rings. The van der Waals surface area contributed by atoms with Crippen LogP contribution in [-0.4, -0.2) is 12.8 Å². The van der Waals surface area contributed by atoms with Crippen molar-refractivity contribution in [1.82, 2.24) is 0 Å². The average Bonchev–Trinajstić information content (AvgIpc) is 3.16. The van der Waals surface area contributed by atoms with E-state index < -0.39 is 24.5 Å². The number of carbonyl (C=O) groups is 1. The lowest BCUT2D eigenvalue weighted by Gasteiger charge is -2.14. The minimum Gasteiger partial charge on any atom is -0.457 e. The number of unbranched alkanes of at least 4 members (excludes halogenated alkanes) is 2. The largest absolute Gasteiger partial charge is 0.457 e. The second-order valence-electron chi connectivity index (χ2n) is 7.62. The Morgan fingerprint density at radius 2 is 1.88 bits per heavy atom. The molecule has 0 aliphatic rings. The Morgan fingerprint density at radius 3 is 2.56 bits per heavy atom. The standard InChI is InChI=1S/C25H25F3O4/c1-4-5-6-7-17-8-11-22-18(12-17)13-23(32-22)20-10-9-19(14-21(20)25(26,27)28)30-15-31-24(29)16(2)3/h8-14H,2,4-7,15H2,1,3H3. The van der Waals surface area contributed by atoms with Gasteiger partial charge in [0.25, 0.3) is 0 Å². The van der Waals surface area contributed by atoms with E-state index in [2.05, 4.69) is 13.5 Å². The van der Waals surface area contributed by atoms with E-state index in [0.29, 0.717) is 5.58 Å². The molecule has 4 nitrogen and oxygen atoms in total. The van der Waals surface area contributed by atoms with Crippen molar-refractivity contribution in [3.63, 3.8) is 0 Å². The van der Waals surface area contributed by atoms with Gasteiger partial charge in [0.1, 0.15) is 17.1 Å². The molecular formula is C25H25F3O4. The lowest BCUT2D eigenvalue weighted by atomic mass is 10.0. The Hall–Kier alpha value is -3.22. The van der Waals surface area contributed by atoms with E-state index in [1.807, 2.05) is 12.1 Å². The summed E-state index contributed by atoms with van der Waals surface area (Å²) >= 11 is 0. The minimum absolute atomic E-state index is 0.0788. The molecule has 0 radical (unpaired) electrons. The van der Waals surface area contributed by atoms with Gasteiger partial charge in [-0.15, -0.1) is 0 Å². The van der Waals surface area contributed by atoms with E-state index in [1.165, 1.54) is 19.1 Å². The third-order valence-electron chi connectivity index (χ3n) is 4.98. The maximum absolute atomic E-state index is 13.8. The molecule has 0 unspecified atom stereocenters. The maximum Gasteiger partial charge on any atom is 0.417 e. The van der Waals surface area contributed by atoms with Crippen LogP contribution in [-0.2, 0) is 22.1 Å². The second-order valence-corrected chi connectivity index (χ2v) is 7.62. The number of aryl methyl sites for hydroxylation is 1. The van der Waals surface area contributed by atoms with Crippen LogP contribution in [0.1, 0.15) is 44.2 Å². The highest BCUT2D eigenvalue weighted by Crippen LogP contribution is 2.40. The molecule has 0 aliphatic heterocycles. The van der Waals surface area contributed by atoms with Crippen LogP contribution in [0.5, 0.6) is 5.75 Å². The van der Waals surface area contributed by atoms with Gasteiger partial charge in [-0.25, -0.2) is 4.79 Å². The van der Waals surface area contributed by atoms with Crippen LogP contribution in [0.25, 0.3) is 22.3 Å². The van der Waals surface area contributed by atoms with Crippen molar-refractivity contribution in [2.45, 2.75) is 45.7 Å². The zero-order valence-electron chi connectivity index (χ0n) is 18.1. The molecule has 7 heteroatoms. The first-order chi connectivity index (χ1) is 15.2. The monoisotopic (exact) mass is 446 g/mol. The van der Waals surface area contributed by atoms with E-state index in [4.69, 9.17) is 13.9 Å². The molecular weight excluding hydrogens is 421 g/mol. The summed E-state index contributed by atoms with van der Waals surface area (Å²) in [7, 11) is 0. The fraction of sp³-hybridized carbons (Fsp3) is 0.320. The van der Waals surface area contributed by atoms with Crippen molar-refractivity contribution in [3.8, 4) is 17.1 Å². The molecule has 1 heterocycles. The number of rotatable bonds is 9. The molecule has 170 valence electrons. The Labute approximate surface area is 184 Å². The minimum atomic E-state index is -4.63. The van der Waals surface area contributed by atoms with E-state index in [9.17, 15) is 18.0 Å². The Bertz CT molecular complexity index is 1110. The van der Waals surface area contributed by atoms with Gasteiger partial charge in [-0.3, -0.25) is 0 Å². The number of carbonyl (C=O) groups excluding carboxylic acids is 1. The van der Waals surface area contributed by atoms with Crippen LogP contribution in [0.3, 0.4) is 0 Å². The number of alkyl halides is 3. The molecule has 0 saturated carbocycles. The molecule has 0 aliphatic carbocycles. The quantitative estimate of drug-likeness (QED) is 0.150. The van der Waals surface area contributed by atoms with Crippen LogP contribution < -0.4 is 4.74 Å². The van der Waals surface area contributed by atoms with Gasteiger partial charge in [0.2, 0.25) is 6.79 Å². The first kappa shape index (κ1) is 23.4. The average molecular weight is 446 g/mol. The SMILES string of the molecule is C=C(C)C(=O)OCOc1ccc(-c2cc3cc(CCCCC)ccc3o2)c(C(F)(F)F)c1. The van der Waals surface area contributed by atoms with E-state index in [-0.39, 0.29) is 22.6 Å². The molecule has 0 fully saturated rings. The summed E-state index contributed by atoms with van der Waals surface area (Å²) in [6, 6.07) is 10.9. The molecule has 0 amide bonds. The predicted molar refractivity (Wildman–Crippen MR) is 116 cm³/mol. The van der Waals surface area contributed by atoms with Gasteiger partial charge in [-0.2, -0.15) is 13.2 Å². The highest BCUT2D eigenvalue weighted by atomic mass is 19.4. The summed E-state index contributed by atoms with van der Waals surface area (Å²) in [5, 5.41) is 0.758. The third kappa shape index (κ3) is 5.72. The van der Waals surface area contributed by atoms with Crippen LogP contribution in [0.15, 0.2) is 59.0 Å². The van der Waals surface area contributed by atoms with Crippen molar-refractivity contribution in [2.75, 3.05) is 6.79 Å². The molecule has 0 N–H and O–H groups in total. The lowest BCUT2D eigenvalue weighted by molar-refractivity contribution is -0.145. The summed E-state index contributed by atoms with van der Waals surface area (Å²) in [4.78, 5) is 11.4. The zero-order valence-corrected chi connectivity index (χ0v) is 18.1. The summed E-state index contributed by atoms with van der Waals surface area (Å²) in [6.45, 7) is 6.50. The number of hydrogen-bond acceptors (Lipinski definition) is 4. The van der Waals surface area contributed by atoms with Crippen LogP contribution in [0.2, 0.25) is 0 Å². The second kappa shape index (κ2) is 9.94. The number of benzene rings is 2. The third-order valence-corrected chi connectivity index (χ3v) is 4.98. The fourth-order valence-corrected chi connectivity index (χ4v) is 3.30. The Balaban J connectivity index is 1.86. The normalized spacial score (nSPS) is 11.5. The molecule has 0 spiro atoms. The topological polar surface area (TPSA) is 48.7 Å². The molecule has 3 rings (SSSR count). The Morgan fingerprint density at radius 1 is 1.09 bits per heavy atom.